The predicted octanol–water partition coefficient (Wildman–Crippen LogP) is 0.149. The van der Waals surface area contributed by atoms with E-state index in [4.69, 9.17) is 14.2 Å². The summed E-state index contributed by atoms with van der Waals surface area (Å²) in [6.45, 7) is 0. The Bertz CT molecular complexity index is 923. The van der Waals surface area contributed by atoms with E-state index >= 15 is 0 Å². The highest BCUT2D eigenvalue weighted by Gasteiger charge is 2.62. The van der Waals surface area contributed by atoms with Crippen molar-refractivity contribution in [3.63, 3.8) is 0 Å². The molecule has 140 valence electrons. The zero-order valence-electron chi connectivity index (χ0n) is 14.9. The van der Waals surface area contributed by atoms with Crippen LogP contribution in [0.25, 0.3) is 0 Å². The number of carbonyl (C=O) groups excluding carboxylic acids is 3. The van der Waals surface area contributed by atoms with Crippen LogP contribution < -0.4 is 10.2 Å². The lowest BCUT2D eigenvalue weighted by atomic mass is 9.84. The van der Waals surface area contributed by atoms with Crippen molar-refractivity contribution in [3.8, 4) is 0 Å². The number of benzene rings is 1. The Morgan fingerprint density at radius 1 is 1.19 bits per heavy atom. The first kappa shape index (κ1) is 17.1. The highest BCUT2D eigenvalue weighted by atomic mass is 16.6. The fourth-order valence-corrected chi connectivity index (χ4v) is 3.70. The lowest BCUT2D eigenvalue weighted by Gasteiger charge is -2.42. The van der Waals surface area contributed by atoms with Gasteiger partial charge in [0.05, 0.1) is 19.9 Å². The second kappa shape index (κ2) is 5.85. The van der Waals surface area contributed by atoms with Gasteiger partial charge in [-0.25, -0.2) is 9.59 Å². The normalized spacial score (nSPS) is 25.4. The molecule has 9 nitrogen and oxygen atoms in total. The highest BCUT2D eigenvalue weighted by molar-refractivity contribution is 6.16. The van der Waals surface area contributed by atoms with Crippen LogP contribution in [-0.4, -0.2) is 50.4 Å². The fourth-order valence-electron chi connectivity index (χ4n) is 3.70. The Labute approximate surface area is 154 Å². The number of para-hydroxylation sites is 1. The Balaban J connectivity index is 2.08. The van der Waals surface area contributed by atoms with Gasteiger partial charge in [-0.1, -0.05) is 18.2 Å². The van der Waals surface area contributed by atoms with E-state index in [9.17, 15) is 14.4 Å². The maximum Gasteiger partial charge on any atom is 0.355 e. The van der Waals surface area contributed by atoms with Crippen molar-refractivity contribution in [1.82, 2.24) is 10.2 Å². The van der Waals surface area contributed by atoms with Crippen LogP contribution in [0.15, 0.2) is 47.9 Å². The number of likely N-dealkylation sites (N-methyl/N-ethyl adjacent to an activating group) is 1. The minimum atomic E-state index is -1.83. The molecule has 0 aromatic heterocycles. The van der Waals surface area contributed by atoms with Gasteiger partial charge in [-0.3, -0.25) is 9.69 Å². The topological polar surface area (TPSA) is 97.4 Å². The molecule has 0 saturated heterocycles. The molecule has 0 bridgehead atoms. The molecule has 3 heterocycles. The average molecular weight is 371 g/mol. The molecule has 3 aliphatic rings. The summed E-state index contributed by atoms with van der Waals surface area (Å²) in [6, 6.07) is 6.93. The molecular formula is C18H17N3O6. The van der Waals surface area contributed by atoms with Gasteiger partial charge >= 0.3 is 11.9 Å². The number of ether oxygens (including phenoxy) is 3. The molecule has 1 amide bonds. The van der Waals surface area contributed by atoms with Gasteiger partial charge in [-0.2, -0.15) is 0 Å². The molecule has 3 aliphatic heterocycles. The van der Waals surface area contributed by atoms with Crippen LogP contribution in [0.2, 0.25) is 0 Å². The van der Waals surface area contributed by atoms with Crippen molar-refractivity contribution in [2.75, 3.05) is 26.2 Å². The number of esters is 2. The summed E-state index contributed by atoms with van der Waals surface area (Å²) in [5, 5.41) is 2.92. The van der Waals surface area contributed by atoms with Crippen LogP contribution in [0.3, 0.4) is 0 Å². The molecule has 0 fully saturated rings. The first-order valence-electron chi connectivity index (χ1n) is 8.15. The van der Waals surface area contributed by atoms with Crippen LogP contribution in [-0.2, 0) is 34.2 Å². The van der Waals surface area contributed by atoms with Crippen molar-refractivity contribution in [1.29, 1.82) is 0 Å². The summed E-state index contributed by atoms with van der Waals surface area (Å²) in [5.74, 6) is -2.14. The number of anilines is 1. The standard InChI is InChI=1S/C18H17N3O6/c1-20-11-7-5-4-6-10(11)18(16(20)24)12(14(22)25-2)13(15(23)26-3)21-9-8-19-17(21)27-18/h4-9,17,19H,1-3H3/t17-,18?/m0/s1. The van der Waals surface area contributed by atoms with Gasteiger partial charge in [0.15, 0.2) is 0 Å². The highest BCUT2D eigenvalue weighted by Crippen LogP contribution is 2.51. The lowest BCUT2D eigenvalue weighted by molar-refractivity contribution is -0.176. The summed E-state index contributed by atoms with van der Waals surface area (Å²) < 4.78 is 15.9. The van der Waals surface area contributed by atoms with E-state index in [1.807, 2.05) is 0 Å². The minimum absolute atomic E-state index is 0.111. The van der Waals surface area contributed by atoms with Crippen LogP contribution in [0.5, 0.6) is 0 Å². The third-order valence-electron chi connectivity index (χ3n) is 4.88. The number of nitrogens with one attached hydrogen (secondary N) is 1. The molecule has 1 aromatic carbocycles. The molecule has 1 spiro atoms. The van der Waals surface area contributed by atoms with E-state index < -0.39 is 29.8 Å². The van der Waals surface area contributed by atoms with Gasteiger partial charge in [0.1, 0.15) is 11.3 Å². The summed E-state index contributed by atoms with van der Waals surface area (Å²) in [4.78, 5) is 41.6. The molecule has 1 aromatic rings. The van der Waals surface area contributed by atoms with Crippen molar-refractivity contribution < 1.29 is 28.6 Å². The molecule has 0 radical (unpaired) electrons. The molecule has 9 heteroatoms. The summed E-state index contributed by atoms with van der Waals surface area (Å²) >= 11 is 0. The molecule has 2 atom stereocenters. The monoisotopic (exact) mass is 371 g/mol. The number of nitrogens with zero attached hydrogens (tertiary/aromatic N) is 2. The van der Waals surface area contributed by atoms with Crippen LogP contribution in [0.4, 0.5) is 5.69 Å². The van der Waals surface area contributed by atoms with E-state index in [0.717, 1.165) is 0 Å². The molecule has 4 rings (SSSR count). The van der Waals surface area contributed by atoms with Crippen molar-refractivity contribution in [2.45, 2.75) is 12.0 Å². The molecular weight excluding hydrogens is 354 g/mol. The number of amides is 1. The average Bonchev–Trinajstić information content (AvgIpc) is 3.24. The number of hydrogen-bond acceptors (Lipinski definition) is 8. The third-order valence-corrected chi connectivity index (χ3v) is 4.88. The molecule has 1 unspecified atom stereocenters. The van der Waals surface area contributed by atoms with Gasteiger partial charge in [0.25, 0.3) is 5.91 Å². The van der Waals surface area contributed by atoms with E-state index in [2.05, 4.69) is 5.32 Å². The van der Waals surface area contributed by atoms with Gasteiger partial charge in [0, 0.05) is 25.0 Å². The molecule has 0 aliphatic carbocycles. The quantitative estimate of drug-likeness (QED) is 0.734. The zero-order valence-corrected chi connectivity index (χ0v) is 14.9. The predicted molar refractivity (Wildman–Crippen MR) is 91.6 cm³/mol. The van der Waals surface area contributed by atoms with Crippen LogP contribution >= 0.6 is 0 Å². The van der Waals surface area contributed by atoms with E-state index in [1.165, 1.54) is 30.2 Å². The lowest BCUT2D eigenvalue weighted by Crippen LogP contribution is -2.57. The van der Waals surface area contributed by atoms with Gasteiger partial charge < -0.3 is 24.4 Å². The van der Waals surface area contributed by atoms with E-state index in [1.54, 1.807) is 37.5 Å². The maximum absolute atomic E-state index is 13.4. The van der Waals surface area contributed by atoms with Crippen molar-refractivity contribution in [2.24, 2.45) is 0 Å². The number of methoxy groups -OCH3 is 2. The number of hydrogen-bond donors (Lipinski definition) is 1. The van der Waals surface area contributed by atoms with Crippen LogP contribution in [0.1, 0.15) is 5.56 Å². The summed E-state index contributed by atoms with van der Waals surface area (Å²) in [5.41, 5.74) is -1.13. The van der Waals surface area contributed by atoms with Gasteiger partial charge in [-0.05, 0) is 6.07 Å². The Hall–Kier alpha value is -3.33. The SMILES string of the molecule is COC(=O)C1=C(C(=O)OC)C2(O[C@H]3NC=CN13)C(=O)N(C)c1ccccc12. The number of rotatable bonds is 2. The molecule has 27 heavy (non-hydrogen) atoms. The van der Waals surface area contributed by atoms with Crippen LogP contribution in [0, 0.1) is 0 Å². The second-order valence-electron chi connectivity index (χ2n) is 6.13. The van der Waals surface area contributed by atoms with E-state index in [-0.39, 0.29) is 11.3 Å². The second-order valence-corrected chi connectivity index (χ2v) is 6.13. The third kappa shape index (κ3) is 2.05. The first-order chi connectivity index (χ1) is 13.0. The van der Waals surface area contributed by atoms with E-state index in [0.29, 0.717) is 11.3 Å². The molecule has 1 N–H and O–H groups in total. The first-order valence-corrected chi connectivity index (χ1v) is 8.15. The fraction of sp³-hybridized carbons (Fsp3) is 0.278. The van der Waals surface area contributed by atoms with Gasteiger partial charge in [-0.15, -0.1) is 0 Å². The van der Waals surface area contributed by atoms with Gasteiger partial charge in [0.2, 0.25) is 12.0 Å². The Kier molecular flexibility index (Phi) is 3.70. The smallest absolute Gasteiger partial charge is 0.355 e. The van der Waals surface area contributed by atoms with Crippen molar-refractivity contribution in [3.05, 3.63) is 53.5 Å². The number of carbonyl (C=O) groups is 3. The number of fused-ring (bicyclic) bond motifs is 3. The maximum atomic E-state index is 13.4. The summed E-state index contributed by atoms with van der Waals surface area (Å²) in [7, 11) is 3.96. The zero-order chi connectivity index (χ0) is 19.3. The Morgan fingerprint density at radius 3 is 2.59 bits per heavy atom. The summed E-state index contributed by atoms with van der Waals surface area (Å²) in [6.07, 6.45) is 2.22. The Morgan fingerprint density at radius 2 is 1.89 bits per heavy atom. The van der Waals surface area contributed by atoms with Crippen molar-refractivity contribution >= 4 is 23.5 Å². The molecule has 0 saturated carbocycles. The minimum Gasteiger partial charge on any atom is -0.465 e. The largest absolute Gasteiger partial charge is 0.465 e.